The van der Waals surface area contributed by atoms with Gasteiger partial charge in [-0.1, -0.05) is 6.07 Å². The Morgan fingerprint density at radius 2 is 2.18 bits per heavy atom. The van der Waals surface area contributed by atoms with Gasteiger partial charge in [0.15, 0.2) is 4.90 Å². The minimum Gasteiger partial charge on any atom is -0.374 e. The molecule has 11 heteroatoms. The van der Waals surface area contributed by atoms with Crippen molar-refractivity contribution in [3.8, 4) is 0 Å². The molecule has 0 amide bonds. The van der Waals surface area contributed by atoms with Crippen LogP contribution in [0.15, 0.2) is 23.1 Å². The van der Waals surface area contributed by atoms with Gasteiger partial charge in [0.1, 0.15) is 0 Å². The van der Waals surface area contributed by atoms with Gasteiger partial charge in [-0.25, -0.2) is 8.42 Å². The number of hydrogen-bond acceptors (Lipinski definition) is 6. The zero-order valence-corrected chi connectivity index (χ0v) is 13.0. The fourth-order valence-electron chi connectivity index (χ4n) is 2.07. The molecule has 0 radical (unpaired) electrons. The van der Waals surface area contributed by atoms with Gasteiger partial charge in [0.25, 0.3) is 0 Å². The van der Waals surface area contributed by atoms with Crippen LogP contribution < -0.4 is 5.73 Å². The Kier molecular flexibility index (Phi) is 6.20. The number of nitro benzene ring substituents is 1. The van der Waals surface area contributed by atoms with E-state index in [4.69, 9.17) is 10.5 Å². The van der Waals surface area contributed by atoms with E-state index in [1.807, 2.05) is 0 Å². The van der Waals surface area contributed by atoms with Crippen molar-refractivity contribution in [3.05, 3.63) is 34.1 Å². The summed E-state index contributed by atoms with van der Waals surface area (Å²) < 4.78 is 44.8. The van der Waals surface area contributed by atoms with Crippen LogP contribution in [0.1, 0.15) is 0 Å². The fourth-order valence-corrected chi connectivity index (χ4v) is 3.70. The summed E-state index contributed by atoms with van der Waals surface area (Å²) >= 11 is 0. The van der Waals surface area contributed by atoms with Crippen LogP contribution in [0.5, 0.6) is 0 Å². The van der Waals surface area contributed by atoms with Crippen molar-refractivity contribution in [1.82, 2.24) is 4.31 Å². The fraction of sp³-hybridized carbons (Fsp3) is 0.455. The maximum Gasteiger partial charge on any atom is 0.324 e. The number of halogens is 2. The summed E-state index contributed by atoms with van der Waals surface area (Å²) in [5, 5.41) is 10.9. The zero-order chi connectivity index (χ0) is 15.6. The average Bonchev–Trinajstić information content (AvgIpc) is 2.46. The number of nitrogens with zero attached hydrogens (tertiary/aromatic N) is 2. The van der Waals surface area contributed by atoms with E-state index in [2.05, 4.69) is 0 Å². The molecule has 0 spiro atoms. The predicted octanol–water partition coefficient (Wildman–Crippen LogP) is 0.504. The van der Waals surface area contributed by atoms with Gasteiger partial charge in [-0.15, -0.1) is 12.4 Å². The highest BCUT2D eigenvalue weighted by molar-refractivity contribution is 7.89. The molecule has 0 aliphatic carbocycles. The summed E-state index contributed by atoms with van der Waals surface area (Å²) in [7, 11) is -4.19. The quantitative estimate of drug-likeness (QED) is 0.621. The van der Waals surface area contributed by atoms with Crippen LogP contribution >= 0.6 is 12.4 Å². The summed E-state index contributed by atoms with van der Waals surface area (Å²) in [5.74, 6) is -1.19. The number of nitrogens with two attached hydrogens (primary N) is 1. The Morgan fingerprint density at radius 1 is 1.50 bits per heavy atom. The first-order chi connectivity index (χ1) is 9.87. The molecular formula is C11H15ClFN3O5S. The third-order valence-corrected chi connectivity index (χ3v) is 5.01. The van der Waals surface area contributed by atoms with Crippen LogP contribution in [0.4, 0.5) is 10.1 Å². The number of nitro groups is 1. The van der Waals surface area contributed by atoms with E-state index in [1.54, 1.807) is 0 Å². The summed E-state index contributed by atoms with van der Waals surface area (Å²) in [6.45, 7) is 0.264. The van der Waals surface area contributed by atoms with Gasteiger partial charge in [-0.3, -0.25) is 10.1 Å². The highest BCUT2D eigenvalue weighted by Gasteiger charge is 2.36. The van der Waals surface area contributed by atoms with Crippen molar-refractivity contribution in [3.63, 3.8) is 0 Å². The summed E-state index contributed by atoms with van der Waals surface area (Å²) in [6.07, 6.45) is -0.485. The normalized spacial score (nSPS) is 19.5. The molecular weight excluding hydrogens is 341 g/mol. The molecule has 22 heavy (non-hydrogen) atoms. The van der Waals surface area contributed by atoms with Crippen LogP contribution in [0.25, 0.3) is 0 Å². The van der Waals surface area contributed by atoms with Crippen LogP contribution in [0.2, 0.25) is 0 Å². The summed E-state index contributed by atoms with van der Waals surface area (Å²) in [4.78, 5) is 9.23. The Morgan fingerprint density at radius 3 is 2.77 bits per heavy atom. The number of rotatable bonds is 4. The van der Waals surface area contributed by atoms with Crippen molar-refractivity contribution in [2.75, 3.05) is 26.2 Å². The van der Waals surface area contributed by atoms with Crippen LogP contribution in [-0.4, -0.2) is 50.0 Å². The highest BCUT2D eigenvalue weighted by atomic mass is 35.5. The van der Waals surface area contributed by atoms with Gasteiger partial charge in [0.05, 0.1) is 17.6 Å². The third-order valence-electron chi connectivity index (χ3n) is 3.11. The zero-order valence-electron chi connectivity index (χ0n) is 11.3. The van der Waals surface area contributed by atoms with Crippen molar-refractivity contribution in [1.29, 1.82) is 0 Å². The van der Waals surface area contributed by atoms with Gasteiger partial charge in [-0.05, 0) is 12.1 Å². The van der Waals surface area contributed by atoms with E-state index in [-0.39, 0.29) is 38.6 Å². The number of benzene rings is 1. The first-order valence-corrected chi connectivity index (χ1v) is 7.56. The second kappa shape index (κ2) is 7.29. The maximum atomic E-state index is 13.6. The molecule has 0 bridgehead atoms. The lowest BCUT2D eigenvalue weighted by molar-refractivity contribution is -0.390. The molecule has 1 unspecified atom stereocenters. The van der Waals surface area contributed by atoms with Crippen molar-refractivity contribution >= 4 is 28.1 Å². The second-order valence-electron chi connectivity index (χ2n) is 4.44. The van der Waals surface area contributed by atoms with Crippen LogP contribution in [0, 0.1) is 15.9 Å². The van der Waals surface area contributed by atoms with Crippen molar-refractivity contribution in [2.24, 2.45) is 5.73 Å². The lowest BCUT2D eigenvalue weighted by Crippen LogP contribution is -2.48. The molecule has 1 aliphatic rings. The van der Waals surface area contributed by atoms with Crippen LogP contribution in [-0.2, 0) is 14.8 Å². The number of morpholine rings is 1. The van der Waals surface area contributed by atoms with E-state index in [0.717, 1.165) is 22.5 Å². The first kappa shape index (κ1) is 18.7. The second-order valence-corrected chi connectivity index (χ2v) is 6.34. The number of hydrogen-bond donors (Lipinski definition) is 1. The third kappa shape index (κ3) is 3.52. The topological polar surface area (TPSA) is 116 Å². The average molecular weight is 356 g/mol. The molecule has 1 fully saturated rings. The van der Waals surface area contributed by atoms with E-state index in [9.17, 15) is 22.9 Å². The smallest absolute Gasteiger partial charge is 0.324 e. The van der Waals surface area contributed by atoms with Gasteiger partial charge in [0.2, 0.25) is 15.8 Å². The Balaban J connectivity index is 0.00000242. The van der Waals surface area contributed by atoms with Crippen molar-refractivity contribution < 1.29 is 22.5 Å². The maximum absolute atomic E-state index is 13.6. The molecule has 1 aliphatic heterocycles. The van der Waals surface area contributed by atoms with Crippen molar-refractivity contribution in [2.45, 2.75) is 11.0 Å². The molecule has 8 nitrogen and oxygen atoms in total. The molecule has 2 rings (SSSR count). The molecule has 1 saturated heterocycles. The predicted molar refractivity (Wildman–Crippen MR) is 77.9 cm³/mol. The first-order valence-electron chi connectivity index (χ1n) is 6.12. The van der Waals surface area contributed by atoms with Gasteiger partial charge in [-0.2, -0.15) is 8.70 Å². The molecule has 1 heterocycles. The van der Waals surface area contributed by atoms with E-state index >= 15 is 0 Å². The van der Waals surface area contributed by atoms with Crippen LogP contribution in [0.3, 0.4) is 0 Å². The molecule has 1 aromatic carbocycles. The lowest BCUT2D eigenvalue weighted by Gasteiger charge is -2.31. The van der Waals surface area contributed by atoms with E-state index < -0.39 is 37.5 Å². The van der Waals surface area contributed by atoms with Gasteiger partial charge < -0.3 is 10.5 Å². The molecule has 1 aromatic rings. The lowest BCUT2D eigenvalue weighted by atomic mass is 10.3. The molecule has 0 saturated carbocycles. The van der Waals surface area contributed by atoms with E-state index in [1.165, 1.54) is 0 Å². The molecule has 1 atom stereocenters. The largest absolute Gasteiger partial charge is 0.374 e. The highest BCUT2D eigenvalue weighted by Crippen LogP contribution is 2.29. The number of para-hydroxylation sites is 1. The van der Waals surface area contributed by atoms with E-state index in [0.29, 0.717) is 0 Å². The van der Waals surface area contributed by atoms with Gasteiger partial charge in [0, 0.05) is 19.6 Å². The summed E-state index contributed by atoms with van der Waals surface area (Å²) in [5.41, 5.74) is 4.39. The van der Waals surface area contributed by atoms with Gasteiger partial charge >= 0.3 is 5.69 Å². The SMILES string of the molecule is Cl.NCC1CN(S(=O)(=O)c2cccc(F)c2[N+](=O)[O-])CCO1. The minimum atomic E-state index is -4.19. The molecule has 124 valence electrons. The number of ether oxygens (including phenoxy) is 1. The Bertz CT molecular complexity index is 657. The monoisotopic (exact) mass is 355 g/mol. The Hall–Kier alpha value is -1.33. The minimum absolute atomic E-state index is 0. The summed E-state index contributed by atoms with van der Waals surface area (Å²) in [6, 6.07) is 2.98. The standard InChI is InChI=1S/C11H14FN3O5S.ClH/c12-9-2-1-3-10(11(9)15(16)17)21(18,19)14-4-5-20-8(6-13)7-14;/h1-3,8H,4-7,13H2;1H. The molecule has 0 aromatic heterocycles. The molecule has 2 N–H and O–H groups in total. The number of sulfonamides is 1. The Labute approximate surface area is 132 Å².